The molecule has 0 atom stereocenters. The van der Waals surface area contributed by atoms with E-state index in [1.54, 1.807) is 12.5 Å². The second-order valence-corrected chi connectivity index (χ2v) is 5.93. The lowest BCUT2D eigenvalue weighted by Crippen LogP contribution is -2.39. The van der Waals surface area contributed by atoms with Gasteiger partial charge < -0.3 is 15.8 Å². The van der Waals surface area contributed by atoms with Gasteiger partial charge in [0.05, 0.1) is 19.8 Å². The third kappa shape index (κ3) is 5.54. The van der Waals surface area contributed by atoms with Crippen molar-refractivity contribution in [2.75, 3.05) is 39.4 Å². The first-order valence-electron chi connectivity index (χ1n) is 8.58. The van der Waals surface area contributed by atoms with Gasteiger partial charge in [-0.15, -0.1) is 0 Å². The van der Waals surface area contributed by atoms with E-state index in [0.717, 1.165) is 57.2 Å². The van der Waals surface area contributed by atoms with Gasteiger partial charge in [0.25, 0.3) is 0 Å². The van der Waals surface area contributed by atoms with E-state index in [4.69, 9.17) is 10.5 Å². The average Bonchev–Trinajstić information content (AvgIpc) is 3.20. The van der Waals surface area contributed by atoms with E-state index in [2.05, 4.69) is 25.2 Å². The molecule has 0 bridgehead atoms. The molecule has 25 heavy (non-hydrogen) atoms. The zero-order chi connectivity index (χ0) is 17.3. The normalized spacial score (nSPS) is 16.1. The van der Waals surface area contributed by atoms with Crippen molar-refractivity contribution in [3.05, 3.63) is 42.6 Å². The van der Waals surface area contributed by atoms with Gasteiger partial charge in [0.2, 0.25) is 0 Å². The zero-order valence-corrected chi connectivity index (χ0v) is 14.3. The number of aromatic nitrogens is 3. The second-order valence-electron chi connectivity index (χ2n) is 5.93. The molecule has 0 radical (unpaired) electrons. The Hall–Kier alpha value is -2.45. The number of rotatable bonds is 7. The van der Waals surface area contributed by atoms with Crippen molar-refractivity contribution < 1.29 is 4.74 Å². The van der Waals surface area contributed by atoms with Crippen molar-refractivity contribution in [3.8, 4) is 5.82 Å². The molecule has 0 amide bonds. The molecule has 0 unspecified atom stereocenters. The molecule has 3 N–H and O–H groups in total. The van der Waals surface area contributed by atoms with E-state index in [9.17, 15) is 0 Å². The summed E-state index contributed by atoms with van der Waals surface area (Å²) in [5.41, 5.74) is 6.94. The quantitative estimate of drug-likeness (QED) is 0.429. The molecule has 1 aliphatic heterocycles. The fourth-order valence-electron chi connectivity index (χ4n) is 2.63. The SMILES string of the molecule is NC(=NCc1ccc(-n2ccnc2)nc1)NCCCN1CCOCC1. The van der Waals surface area contributed by atoms with Crippen LogP contribution < -0.4 is 11.1 Å². The number of pyridine rings is 1. The van der Waals surface area contributed by atoms with Gasteiger partial charge in [-0.25, -0.2) is 15.0 Å². The van der Waals surface area contributed by atoms with Gasteiger partial charge >= 0.3 is 0 Å². The molecule has 1 fully saturated rings. The molecule has 0 aromatic carbocycles. The molecule has 134 valence electrons. The minimum absolute atomic E-state index is 0.473. The van der Waals surface area contributed by atoms with Crippen LogP contribution in [0.25, 0.3) is 5.82 Å². The van der Waals surface area contributed by atoms with Crippen molar-refractivity contribution in [2.24, 2.45) is 10.7 Å². The van der Waals surface area contributed by atoms with Crippen molar-refractivity contribution in [3.63, 3.8) is 0 Å². The number of imidazole rings is 1. The molecule has 3 rings (SSSR count). The maximum Gasteiger partial charge on any atom is 0.188 e. The number of nitrogens with one attached hydrogen (secondary N) is 1. The van der Waals surface area contributed by atoms with E-state index in [0.29, 0.717) is 12.5 Å². The molecular formula is C17H25N7O. The highest BCUT2D eigenvalue weighted by Gasteiger charge is 2.08. The highest BCUT2D eigenvalue weighted by Crippen LogP contribution is 2.06. The van der Waals surface area contributed by atoms with Crippen LogP contribution in [0.15, 0.2) is 42.0 Å². The fourth-order valence-corrected chi connectivity index (χ4v) is 2.63. The van der Waals surface area contributed by atoms with Gasteiger partial charge in [-0.2, -0.15) is 0 Å². The van der Waals surface area contributed by atoms with Crippen molar-refractivity contribution in [1.29, 1.82) is 0 Å². The van der Waals surface area contributed by atoms with Crippen LogP contribution in [0.4, 0.5) is 0 Å². The van der Waals surface area contributed by atoms with Crippen molar-refractivity contribution in [1.82, 2.24) is 24.8 Å². The molecule has 0 saturated carbocycles. The average molecular weight is 343 g/mol. The molecular weight excluding hydrogens is 318 g/mol. The number of morpholine rings is 1. The fraction of sp³-hybridized carbons (Fsp3) is 0.471. The number of hydrogen-bond acceptors (Lipinski definition) is 5. The van der Waals surface area contributed by atoms with Gasteiger partial charge in [0.1, 0.15) is 12.1 Å². The number of nitrogens with two attached hydrogens (primary N) is 1. The molecule has 2 aromatic rings. The van der Waals surface area contributed by atoms with Gasteiger partial charge in [-0.1, -0.05) is 6.07 Å². The van der Waals surface area contributed by atoms with Gasteiger partial charge in [-0.3, -0.25) is 9.47 Å². The minimum Gasteiger partial charge on any atom is -0.379 e. The molecule has 0 aliphatic carbocycles. The summed E-state index contributed by atoms with van der Waals surface area (Å²) >= 11 is 0. The third-order valence-electron chi connectivity index (χ3n) is 4.07. The predicted molar refractivity (Wildman–Crippen MR) is 96.6 cm³/mol. The second kappa shape index (κ2) is 9.14. The Balaban J connectivity index is 1.37. The third-order valence-corrected chi connectivity index (χ3v) is 4.07. The summed E-state index contributed by atoms with van der Waals surface area (Å²) in [6, 6.07) is 3.94. The van der Waals surface area contributed by atoms with Gasteiger partial charge in [0.15, 0.2) is 5.96 Å². The Labute approximate surface area is 147 Å². The Kier molecular flexibility index (Phi) is 6.35. The molecule has 1 aliphatic rings. The van der Waals surface area contributed by atoms with Crippen LogP contribution in [0.3, 0.4) is 0 Å². The Bertz CT molecular complexity index is 648. The van der Waals surface area contributed by atoms with Crippen molar-refractivity contribution in [2.45, 2.75) is 13.0 Å². The molecule has 1 saturated heterocycles. The first-order valence-corrected chi connectivity index (χ1v) is 8.58. The maximum absolute atomic E-state index is 5.92. The number of nitrogens with zero attached hydrogens (tertiary/aromatic N) is 5. The molecule has 2 aromatic heterocycles. The maximum atomic E-state index is 5.92. The summed E-state index contributed by atoms with van der Waals surface area (Å²) in [7, 11) is 0. The number of guanidine groups is 1. The number of hydrogen-bond donors (Lipinski definition) is 2. The summed E-state index contributed by atoms with van der Waals surface area (Å²) in [4.78, 5) is 15.2. The monoisotopic (exact) mass is 343 g/mol. The Morgan fingerprint density at radius 2 is 2.20 bits per heavy atom. The van der Waals surface area contributed by atoms with Crippen LogP contribution in [0, 0.1) is 0 Å². The summed E-state index contributed by atoms with van der Waals surface area (Å²) in [5.74, 6) is 1.31. The summed E-state index contributed by atoms with van der Waals surface area (Å²) in [6.45, 7) is 6.11. The van der Waals surface area contributed by atoms with E-state index in [1.807, 2.05) is 29.1 Å². The molecule has 8 heteroatoms. The Morgan fingerprint density at radius 1 is 1.32 bits per heavy atom. The van der Waals surface area contributed by atoms with E-state index >= 15 is 0 Å². The van der Waals surface area contributed by atoms with Crippen LogP contribution in [-0.4, -0.2) is 64.8 Å². The van der Waals surface area contributed by atoms with E-state index in [-0.39, 0.29) is 0 Å². The molecule has 0 spiro atoms. The number of aliphatic imine (C=N–C) groups is 1. The lowest BCUT2D eigenvalue weighted by Gasteiger charge is -2.26. The zero-order valence-electron chi connectivity index (χ0n) is 14.3. The first kappa shape index (κ1) is 17.4. The predicted octanol–water partition coefficient (Wildman–Crippen LogP) is 0.394. The highest BCUT2D eigenvalue weighted by molar-refractivity contribution is 5.77. The van der Waals surface area contributed by atoms with E-state index < -0.39 is 0 Å². The largest absolute Gasteiger partial charge is 0.379 e. The van der Waals surface area contributed by atoms with Crippen LogP contribution in [-0.2, 0) is 11.3 Å². The first-order chi connectivity index (χ1) is 12.3. The standard InChI is InChI=1S/C17H25N7O/c18-17(20-4-1-6-23-8-10-25-11-9-23)22-13-15-2-3-16(21-12-15)24-7-5-19-14-24/h2-3,5,7,12,14H,1,4,6,8-11,13H2,(H3,18,20,22). The van der Waals surface area contributed by atoms with Crippen LogP contribution in [0.1, 0.15) is 12.0 Å². The molecule has 8 nitrogen and oxygen atoms in total. The lowest BCUT2D eigenvalue weighted by atomic mass is 10.3. The minimum atomic E-state index is 0.473. The summed E-state index contributed by atoms with van der Waals surface area (Å²) < 4.78 is 7.20. The van der Waals surface area contributed by atoms with Gasteiger partial charge in [-0.05, 0) is 24.6 Å². The molecule has 3 heterocycles. The van der Waals surface area contributed by atoms with Crippen LogP contribution in [0.5, 0.6) is 0 Å². The van der Waals surface area contributed by atoms with Crippen LogP contribution in [0.2, 0.25) is 0 Å². The summed E-state index contributed by atoms with van der Waals surface area (Å²) in [5, 5.41) is 3.16. The number of ether oxygens (including phenoxy) is 1. The highest BCUT2D eigenvalue weighted by atomic mass is 16.5. The van der Waals surface area contributed by atoms with Gasteiger partial charge in [0, 0.05) is 38.2 Å². The van der Waals surface area contributed by atoms with Crippen molar-refractivity contribution >= 4 is 5.96 Å². The Morgan fingerprint density at radius 3 is 2.92 bits per heavy atom. The smallest absolute Gasteiger partial charge is 0.188 e. The van der Waals surface area contributed by atoms with Crippen LogP contribution >= 0.6 is 0 Å². The van der Waals surface area contributed by atoms with E-state index in [1.165, 1.54) is 0 Å². The summed E-state index contributed by atoms with van der Waals surface area (Å²) in [6.07, 6.45) is 8.16. The topological polar surface area (TPSA) is 93.6 Å². The lowest BCUT2D eigenvalue weighted by molar-refractivity contribution is 0.0376.